The Morgan fingerprint density at radius 3 is 2.48 bits per heavy atom. The third-order valence-electron chi connectivity index (χ3n) is 2.79. The number of ether oxygens (including phenoxy) is 2. The first-order chi connectivity index (χ1) is 9.78. The average molecular weight is 289 g/mol. The SMILES string of the molecule is CC(=O)OCc1cc2ccccc2n1C(=O)OC(C)(C)C. The quantitative estimate of drug-likeness (QED) is 0.794. The van der Waals surface area contributed by atoms with Gasteiger partial charge in [-0.3, -0.25) is 4.79 Å². The van der Waals surface area contributed by atoms with Gasteiger partial charge >= 0.3 is 12.1 Å². The number of aromatic nitrogens is 1. The van der Waals surface area contributed by atoms with Crippen LogP contribution in [0.4, 0.5) is 4.79 Å². The standard InChI is InChI=1S/C16H19NO4/c1-11(18)20-10-13-9-12-7-5-6-8-14(12)17(13)15(19)21-16(2,3)4/h5-9H,10H2,1-4H3. The van der Waals surface area contributed by atoms with Crippen LogP contribution in [0.1, 0.15) is 33.4 Å². The van der Waals surface area contributed by atoms with Crippen LogP contribution in [-0.2, 0) is 20.9 Å². The van der Waals surface area contributed by atoms with Crippen LogP contribution in [-0.4, -0.2) is 22.2 Å². The molecule has 0 radical (unpaired) electrons. The van der Waals surface area contributed by atoms with Gasteiger partial charge in [0.1, 0.15) is 12.2 Å². The monoisotopic (exact) mass is 289 g/mol. The summed E-state index contributed by atoms with van der Waals surface area (Å²) in [7, 11) is 0. The molecular weight excluding hydrogens is 270 g/mol. The second-order valence-corrected chi connectivity index (χ2v) is 5.79. The van der Waals surface area contributed by atoms with Crippen molar-refractivity contribution in [2.45, 2.75) is 39.9 Å². The first kappa shape index (κ1) is 15.1. The lowest BCUT2D eigenvalue weighted by Gasteiger charge is -2.20. The van der Waals surface area contributed by atoms with E-state index in [1.807, 2.05) is 51.1 Å². The number of carbonyl (C=O) groups is 2. The zero-order chi connectivity index (χ0) is 15.6. The Labute approximate surface area is 123 Å². The maximum absolute atomic E-state index is 12.4. The van der Waals surface area contributed by atoms with Crippen LogP contribution in [0.2, 0.25) is 0 Å². The number of fused-ring (bicyclic) bond motifs is 1. The number of carbonyl (C=O) groups excluding carboxylic acids is 2. The van der Waals surface area contributed by atoms with Crippen molar-refractivity contribution in [1.82, 2.24) is 4.57 Å². The van der Waals surface area contributed by atoms with Gasteiger partial charge < -0.3 is 9.47 Å². The molecule has 0 unspecified atom stereocenters. The maximum Gasteiger partial charge on any atom is 0.419 e. The molecule has 21 heavy (non-hydrogen) atoms. The smallest absolute Gasteiger partial charge is 0.419 e. The lowest BCUT2D eigenvalue weighted by atomic mass is 10.2. The van der Waals surface area contributed by atoms with Crippen LogP contribution < -0.4 is 0 Å². The summed E-state index contributed by atoms with van der Waals surface area (Å²) in [6.07, 6.45) is -0.481. The summed E-state index contributed by atoms with van der Waals surface area (Å²) in [5.74, 6) is -0.393. The number of esters is 1. The lowest BCUT2D eigenvalue weighted by molar-refractivity contribution is -0.142. The van der Waals surface area contributed by atoms with E-state index in [0.29, 0.717) is 5.69 Å². The van der Waals surface area contributed by atoms with Crippen LogP contribution in [0.3, 0.4) is 0 Å². The summed E-state index contributed by atoms with van der Waals surface area (Å²) >= 11 is 0. The van der Waals surface area contributed by atoms with Gasteiger partial charge in [0.2, 0.25) is 0 Å². The Bertz CT molecular complexity index is 679. The molecule has 1 heterocycles. The van der Waals surface area contributed by atoms with Crippen LogP contribution >= 0.6 is 0 Å². The molecule has 1 aromatic carbocycles. The number of rotatable bonds is 2. The molecule has 0 atom stereocenters. The Hall–Kier alpha value is -2.30. The van der Waals surface area contributed by atoms with Crippen molar-refractivity contribution in [3.8, 4) is 0 Å². The minimum absolute atomic E-state index is 0.0310. The van der Waals surface area contributed by atoms with Crippen molar-refractivity contribution in [2.24, 2.45) is 0 Å². The van der Waals surface area contributed by atoms with Crippen LogP contribution in [0, 0.1) is 0 Å². The highest BCUT2D eigenvalue weighted by Crippen LogP contribution is 2.22. The highest BCUT2D eigenvalue weighted by Gasteiger charge is 2.22. The fraction of sp³-hybridized carbons (Fsp3) is 0.375. The second-order valence-electron chi connectivity index (χ2n) is 5.79. The van der Waals surface area contributed by atoms with Crippen LogP contribution in [0.15, 0.2) is 30.3 Å². The maximum atomic E-state index is 12.4. The van der Waals surface area contributed by atoms with Gasteiger partial charge in [-0.05, 0) is 32.9 Å². The Kier molecular flexibility index (Phi) is 4.02. The summed E-state index contributed by atoms with van der Waals surface area (Å²) in [6.45, 7) is 6.79. The normalized spacial score (nSPS) is 11.4. The summed E-state index contributed by atoms with van der Waals surface area (Å²) < 4.78 is 11.9. The Morgan fingerprint density at radius 1 is 1.19 bits per heavy atom. The second kappa shape index (κ2) is 5.60. The number of hydrogen-bond donors (Lipinski definition) is 0. The zero-order valence-corrected chi connectivity index (χ0v) is 12.7. The molecule has 0 aliphatic heterocycles. The molecule has 0 fully saturated rings. The molecule has 0 aliphatic carbocycles. The molecule has 0 amide bonds. The van der Waals surface area contributed by atoms with E-state index in [0.717, 1.165) is 10.9 Å². The summed E-state index contributed by atoms with van der Waals surface area (Å²) in [6, 6.07) is 9.28. The van der Waals surface area contributed by atoms with E-state index in [4.69, 9.17) is 9.47 Å². The third kappa shape index (κ3) is 3.62. The molecule has 0 saturated heterocycles. The largest absolute Gasteiger partial charge is 0.459 e. The molecule has 0 spiro atoms. The van der Waals surface area contributed by atoms with E-state index in [-0.39, 0.29) is 6.61 Å². The first-order valence-corrected chi connectivity index (χ1v) is 6.74. The zero-order valence-electron chi connectivity index (χ0n) is 12.7. The van der Waals surface area contributed by atoms with Gasteiger partial charge in [0.05, 0.1) is 11.2 Å². The van der Waals surface area contributed by atoms with Crippen molar-refractivity contribution in [3.05, 3.63) is 36.0 Å². The van der Waals surface area contributed by atoms with E-state index < -0.39 is 17.7 Å². The van der Waals surface area contributed by atoms with Gasteiger partial charge in [0.15, 0.2) is 0 Å². The van der Waals surface area contributed by atoms with Gasteiger partial charge in [0.25, 0.3) is 0 Å². The van der Waals surface area contributed by atoms with Crippen LogP contribution in [0.25, 0.3) is 10.9 Å². The fourth-order valence-corrected chi connectivity index (χ4v) is 2.02. The molecular formula is C16H19NO4. The van der Waals surface area contributed by atoms with Gasteiger partial charge in [-0.15, -0.1) is 0 Å². The summed E-state index contributed by atoms with van der Waals surface area (Å²) in [5, 5.41) is 0.894. The highest BCUT2D eigenvalue weighted by molar-refractivity contribution is 5.91. The number of benzene rings is 1. The molecule has 1 aromatic heterocycles. The fourth-order valence-electron chi connectivity index (χ4n) is 2.02. The van der Waals surface area contributed by atoms with E-state index in [2.05, 4.69) is 0 Å². The predicted molar refractivity (Wildman–Crippen MR) is 79.0 cm³/mol. The first-order valence-electron chi connectivity index (χ1n) is 6.74. The number of para-hydroxylation sites is 1. The van der Waals surface area contributed by atoms with E-state index in [9.17, 15) is 9.59 Å². The third-order valence-corrected chi connectivity index (χ3v) is 2.79. The predicted octanol–water partition coefficient (Wildman–Crippen LogP) is 3.49. The molecule has 2 aromatic rings. The Balaban J connectivity index is 2.44. The minimum Gasteiger partial charge on any atom is -0.459 e. The molecule has 5 heteroatoms. The van der Waals surface area contributed by atoms with Gasteiger partial charge in [-0.25, -0.2) is 9.36 Å². The molecule has 0 N–H and O–H groups in total. The van der Waals surface area contributed by atoms with Crippen molar-refractivity contribution in [1.29, 1.82) is 0 Å². The van der Waals surface area contributed by atoms with Crippen molar-refractivity contribution in [3.63, 3.8) is 0 Å². The topological polar surface area (TPSA) is 57.5 Å². The highest BCUT2D eigenvalue weighted by atomic mass is 16.6. The molecule has 112 valence electrons. The Morgan fingerprint density at radius 2 is 1.86 bits per heavy atom. The van der Waals surface area contributed by atoms with Gasteiger partial charge in [-0.2, -0.15) is 0 Å². The van der Waals surface area contributed by atoms with E-state index in [1.54, 1.807) is 0 Å². The molecule has 0 bridgehead atoms. The minimum atomic E-state index is -0.596. The number of hydrogen-bond acceptors (Lipinski definition) is 4. The lowest BCUT2D eigenvalue weighted by Crippen LogP contribution is -2.28. The van der Waals surface area contributed by atoms with E-state index >= 15 is 0 Å². The molecule has 0 saturated carbocycles. The van der Waals surface area contributed by atoms with Gasteiger partial charge in [0, 0.05) is 12.3 Å². The summed E-state index contributed by atoms with van der Waals surface area (Å²) in [4.78, 5) is 23.4. The molecule has 2 rings (SSSR count). The molecule has 0 aliphatic rings. The van der Waals surface area contributed by atoms with Crippen molar-refractivity contribution < 1.29 is 19.1 Å². The van der Waals surface area contributed by atoms with Crippen LogP contribution in [0.5, 0.6) is 0 Å². The van der Waals surface area contributed by atoms with Crippen molar-refractivity contribution >= 4 is 23.0 Å². The van der Waals surface area contributed by atoms with E-state index in [1.165, 1.54) is 11.5 Å². The van der Waals surface area contributed by atoms with Crippen molar-refractivity contribution in [2.75, 3.05) is 0 Å². The molecule has 5 nitrogen and oxygen atoms in total. The van der Waals surface area contributed by atoms with Gasteiger partial charge in [-0.1, -0.05) is 18.2 Å². The summed E-state index contributed by atoms with van der Waals surface area (Å²) in [5.41, 5.74) is 0.718. The average Bonchev–Trinajstić information content (AvgIpc) is 2.72. The number of nitrogens with zero attached hydrogens (tertiary/aromatic N) is 1.